The summed E-state index contributed by atoms with van der Waals surface area (Å²) in [4.78, 5) is 22.2. The Hall–Kier alpha value is -3.19. The predicted octanol–water partition coefficient (Wildman–Crippen LogP) is 3.60. The lowest BCUT2D eigenvalue weighted by atomic mass is 10.0. The molecule has 0 saturated carbocycles. The summed E-state index contributed by atoms with van der Waals surface area (Å²) in [6.07, 6.45) is 4.38. The molecule has 0 saturated heterocycles. The number of carbonyl (C=O) groups is 1. The lowest BCUT2D eigenvalue weighted by Crippen LogP contribution is -2.37. The van der Waals surface area contributed by atoms with Crippen molar-refractivity contribution in [2.75, 3.05) is 32.5 Å². The average Bonchev–Trinajstić information content (AvgIpc) is 3.22. The summed E-state index contributed by atoms with van der Waals surface area (Å²) in [5, 5.41) is 8.08. The molecule has 7 nitrogen and oxygen atoms in total. The van der Waals surface area contributed by atoms with Gasteiger partial charge in [0.25, 0.3) is 5.91 Å². The van der Waals surface area contributed by atoms with Crippen LogP contribution in [0.3, 0.4) is 0 Å². The summed E-state index contributed by atoms with van der Waals surface area (Å²) in [6, 6.07) is 16.3. The van der Waals surface area contributed by atoms with E-state index in [2.05, 4.69) is 39.4 Å². The molecular weight excluding hydrogens is 388 g/mol. The number of hydrogen-bond donors (Lipinski definition) is 1. The Bertz CT molecular complexity index is 1000. The van der Waals surface area contributed by atoms with Crippen molar-refractivity contribution in [1.29, 1.82) is 0 Å². The molecular formula is C24H30N6O. The second-order valence-electron chi connectivity index (χ2n) is 8.40. The van der Waals surface area contributed by atoms with E-state index in [0.29, 0.717) is 18.7 Å². The molecule has 2 atom stereocenters. The number of nitrogens with zero attached hydrogens (tertiary/aromatic N) is 5. The fourth-order valence-electron chi connectivity index (χ4n) is 3.99. The minimum atomic E-state index is -0.00618. The normalized spacial score (nSPS) is 17.8. The quantitative estimate of drug-likeness (QED) is 0.635. The van der Waals surface area contributed by atoms with Gasteiger partial charge in [-0.25, -0.2) is 4.68 Å². The number of benzene rings is 1. The van der Waals surface area contributed by atoms with E-state index in [1.807, 2.05) is 66.3 Å². The fraction of sp³-hybridized carbons (Fsp3) is 0.375. The van der Waals surface area contributed by atoms with E-state index >= 15 is 0 Å². The van der Waals surface area contributed by atoms with Gasteiger partial charge in [-0.2, -0.15) is 5.10 Å². The van der Waals surface area contributed by atoms with E-state index in [-0.39, 0.29) is 18.0 Å². The molecule has 4 rings (SSSR count). The number of anilines is 1. The maximum atomic E-state index is 13.6. The lowest BCUT2D eigenvalue weighted by molar-refractivity contribution is 0.0732. The molecule has 0 fully saturated rings. The van der Waals surface area contributed by atoms with E-state index in [4.69, 9.17) is 0 Å². The Morgan fingerprint density at radius 1 is 1.13 bits per heavy atom. The Morgan fingerprint density at radius 2 is 1.90 bits per heavy atom. The summed E-state index contributed by atoms with van der Waals surface area (Å²) < 4.78 is 1.93. The van der Waals surface area contributed by atoms with Gasteiger partial charge in [0, 0.05) is 25.8 Å². The lowest BCUT2D eigenvalue weighted by Gasteiger charge is -2.31. The molecule has 0 bridgehead atoms. The zero-order valence-electron chi connectivity index (χ0n) is 18.4. The first-order chi connectivity index (χ1) is 15.0. The van der Waals surface area contributed by atoms with Gasteiger partial charge in [0.05, 0.1) is 24.0 Å². The highest BCUT2D eigenvalue weighted by Gasteiger charge is 2.31. The van der Waals surface area contributed by atoms with E-state index in [1.54, 1.807) is 6.20 Å². The molecule has 1 aliphatic rings. The monoisotopic (exact) mass is 418 g/mol. The Morgan fingerprint density at radius 3 is 2.61 bits per heavy atom. The minimum Gasteiger partial charge on any atom is -0.361 e. The molecule has 31 heavy (non-hydrogen) atoms. The van der Waals surface area contributed by atoms with Gasteiger partial charge in [-0.05, 0) is 45.1 Å². The van der Waals surface area contributed by atoms with Crippen LogP contribution in [0.15, 0.2) is 60.9 Å². The molecule has 3 aromatic rings. The number of nitrogens with one attached hydrogen (secondary N) is 1. The van der Waals surface area contributed by atoms with E-state index in [1.165, 1.54) is 0 Å². The third kappa shape index (κ3) is 4.77. The summed E-state index contributed by atoms with van der Waals surface area (Å²) in [5.41, 5.74) is 2.71. The van der Waals surface area contributed by atoms with Crippen LogP contribution < -0.4 is 5.32 Å². The van der Waals surface area contributed by atoms with Gasteiger partial charge in [0.15, 0.2) is 0 Å². The number of hydrogen-bond acceptors (Lipinski definition) is 5. The van der Waals surface area contributed by atoms with Gasteiger partial charge in [0.1, 0.15) is 11.4 Å². The highest BCUT2D eigenvalue weighted by Crippen LogP contribution is 2.36. The third-order valence-electron chi connectivity index (χ3n) is 5.70. The zero-order valence-corrected chi connectivity index (χ0v) is 18.4. The van der Waals surface area contributed by atoms with Crippen LogP contribution in [0.4, 0.5) is 5.82 Å². The minimum absolute atomic E-state index is 0.00618. The summed E-state index contributed by atoms with van der Waals surface area (Å²) in [5.74, 6) is 0.774. The number of pyridine rings is 1. The summed E-state index contributed by atoms with van der Waals surface area (Å²) in [7, 11) is 4.04. The van der Waals surface area contributed by atoms with Crippen LogP contribution in [0.25, 0.3) is 0 Å². The second-order valence-corrected chi connectivity index (χ2v) is 8.40. The molecule has 162 valence electrons. The molecule has 0 aliphatic carbocycles. The van der Waals surface area contributed by atoms with Crippen LogP contribution in [0.2, 0.25) is 0 Å². The molecule has 1 N–H and O–H groups in total. The van der Waals surface area contributed by atoms with E-state index in [0.717, 1.165) is 30.0 Å². The first kappa shape index (κ1) is 21.1. The molecule has 7 heteroatoms. The zero-order chi connectivity index (χ0) is 21.8. The highest BCUT2D eigenvalue weighted by atomic mass is 16.2. The molecule has 2 unspecified atom stereocenters. The van der Waals surface area contributed by atoms with Crippen molar-refractivity contribution < 1.29 is 4.79 Å². The van der Waals surface area contributed by atoms with Crippen molar-refractivity contribution in [3.63, 3.8) is 0 Å². The van der Waals surface area contributed by atoms with E-state index in [9.17, 15) is 4.79 Å². The van der Waals surface area contributed by atoms with Gasteiger partial charge >= 0.3 is 0 Å². The average molecular weight is 419 g/mol. The van der Waals surface area contributed by atoms with Crippen LogP contribution in [-0.4, -0.2) is 57.7 Å². The molecule has 1 amide bonds. The van der Waals surface area contributed by atoms with Crippen LogP contribution in [0.1, 0.15) is 47.0 Å². The summed E-state index contributed by atoms with van der Waals surface area (Å²) >= 11 is 0. The topological polar surface area (TPSA) is 66.3 Å². The van der Waals surface area contributed by atoms with Crippen LogP contribution in [0.5, 0.6) is 0 Å². The Labute approximate surface area is 183 Å². The van der Waals surface area contributed by atoms with Gasteiger partial charge in [-0.3, -0.25) is 9.78 Å². The van der Waals surface area contributed by atoms with Crippen molar-refractivity contribution in [2.45, 2.75) is 32.0 Å². The predicted molar refractivity (Wildman–Crippen MR) is 122 cm³/mol. The SMILES string of the molecule is CC1CC(c2ccccn2)Nc2c(C(=O)N(CCN(C)C)Cc3ccccc3)cnn21. The molecule has 0 spiro atoms. The molecule has 2 aromatic heterocycles. The van der Waals surface area contributed by atoms with Gasteiger partial charge in [0.2, 0.25) is 0 Å². The Kier molecular flexibility index (Phi) is 6.32. The fourth-order valence-corrected chi connectivity index (χ4v) is 3.99. The van der Waals surface area contributed by atoms with Crippen molar-refractivity contribution >= 4 is 11.7 Å². The second kappa shape index (κ2) is 9.31. The molecule has 1 aromatic carbocycles. The third-order valence-corrected chi connectivity index (χ3v) is 5.70. The maximum absolute atomic E-state index is 13.6. The van der Waals surface area contributed by atoms with Gasteiger partial charge in [-0.15, -0.1) is 0 Å². The van der Waals surface area contributed by atoms with Crippen molar-refractivity contribution in [1.82, 2.24) is 24.6 Å². The maximum Gasteiger partial charge on any atom is 0.259 e. The van der Waals surface area contributed by atoms with Crippen LogP contribution in [-0.2, 0) is 6.54 Å². The standard InChI is InChI=1S/C24H30N6O/c1-18-15-22(21-11-7-8-12-25-21)27-23-20(16-26-30(18)23)24(31)29(14-13-28(2)3)17-19-9-5-4-6-10-19/h4-12,16,18,22,27H,13-15,17H2,1-3H3. The Balaban J connectivity index is 1.61. The highest BCUT2D eigenvalue weighted by molar-refractivity contribution is 5.99. The van der Waals surface area contributed by atoms with Crippen molar-refractivity contribution in [3.05, 3.63) is 77.7 Å². The largest absolute Gasteiger partial charge is 0.361 e. The van der Waals surface area contributed by atoms with Crippen LogP contribution in [0, 0.1) is 0 Å². The number of amides is 1. The molecule has 3 heterocycles. The first-order valence-corrected chi connectivity index (χ1v) is 10.8. The van der Waals surface area contributed by atoms with Gasteiger partial charge < -0.3 is 15.1 Å². The van der Waals surface area contributed by atoms with Crippen molar-refractivity contribution in [2.24, 2.45) is 0 Å². The number of aromatic nitrogens is 3. The van der Waals surface area contributed by atoms with Gasteiger partial charge in [-0.1, -0.05) is 36.4 Å². The number of carbonyl (C=O) groups excluding carboxylic acids is 1. The number of rotatable bonds is 7. The first-order valence-electron chi connectivity index (χ1n) is 10.8. The summed E-state index contributed by atoms with van der Waals surface area (Å²) in [6.45, 7) is 4.14. The van der Waals surface area contributed by atoms with Crippen molar-refractivity contribution in [3.8, 4) is 0 Å². The smallest absolute Gasteiger partial charge is 0.259 e. The molecule has 1 aliphatic heterocycles. The van der Waals surface area contributed by atoms with E-state index < -0.39 is 0 Å². The number of fused-ring (bicyclic) bond motifs is 1. The number of likely N-dealkylation sites (N-methyl/N-ethyl adjacent to an activating group) is 1. The van der Waals surface area contributed by atoms with Crippen LogP contribution >= 0.6 is 0 Å². The molecule has 0 radical (unpaired) electrons.